The van der Waals surface area contributed by atoms with Crippen LogP contribution in [0, 0.1) is 0 Å². The molecule has 6 heteroatoms. The average Bonchev–Trinajstić information content (AvgIpc) is 2.61. The van der Waals surface area contributed by atoms with E-state index in [1.165, 1.54) is 0 Å². The topological polar surface area (TPSA) is 59.6 Å². The SMILES string of the molecule is Cl.O=C(Nc1ccc2c(c1)OCCO2)c1cccc2c1CCCN2. The summed E-state index contributed by atoms with van der Waals surface area (Å²) in [6, 6.07) is 11.3. The molecule has 4 rings (SSSR count). The number of halogens is 1. The van der Waals surface area contributed by atoms with E-state index in [-0.39, 0.29) is 18.3 Å². The van der Waals surface area contributed by atoms with Crippen LogP contribution in [-0.4, -0.2) is 25.7 Å². The highest BCUT2D eigenvalue weighted by Crippen LogP contribution is 2.33. The quantitative estimate of drug-likeness (QED) is 0.874. The van der Waals surface area contributed by atoms with Crippen molar-refractivity contribution in [2.24, 2.45) is 0 Å². The highest BCUT2D eigenvalue weighted by atomic mass is 35.5. The predicted molar refractivity (Wildman–Crippen MR) is 95.9 cm³/mol. The molecule has 0 aliphatic carbocycles. The van der Waals surface area contributed by atoms with E-state index >= 15 is 0 Å². The number of amides is 1. The van der Waals surface area contributed by atoms with Gasteiger partial charge in [-0.1, -0.05) is 6.07 Å². The van der Waals surface area contributed by atoms with Crippen LogP contribution in [0.1, 0.15) is 22.3 Å². The first-order valence-electron chi connectivity index (χ1n) is 7.88. The molecule has 2 aliphatic rings. The van der Waals surface area contributed by atoms with Gasteiger partial charge in [-0.15, -0.1) is 12.4 Å². The van der Waals surface area contributed by atoms with Gasteiger partial charge in [0.15, 0.2) is 11.5 Å². The molecule has 0 unspecified atom stereocenters. The van der Waals surface area contributed by atoms with Gasteiger partial charge in [-0.25, -0.2) is 0 Å². The van der Waals surface area contributed by atoms with E-state index in [1.54, 1.807) is 6.07 Å². The lowest BCUT2D eigenvalue weighted by Gasteiger charge is -2.21. The van der Waals surface area contributed by atoms with Gasteiger partial charge in [-0.2, -0.15) is 0 Å². The molecule has 0 aromatic heterocycles. The summed E-state index contributed by atoms with van der Waals surface area (Å²) in [6.07, 6.45) is 1.97. The third kappa shape index (κ3) is 3.12. The molecular weight excluding hydrogens is 328 g/mol. The van der Waals surface area contributed by atoms with E-state index in [1.807, 2.05) is 30.3 Å². The maximum Gasteiger partial charge on any atom is 0.256 e. The second kappa shape index (κ2) is 7.01. The first-order chi connectivity index (χ1) is 11.3. The maximum absolute atomic E-state index is 12.6. The van der Waals surface area contributed by atoms with E-state index < -0.39 is 0 Å². The van der Waals surface area contributed by atoms with E-state index in [2.05, 4.69) is 10.6 Å². The van der Waals surface area contributed by atoms with Crippen LogP contribution in [0.25, 0.3) is 0 Å². The van der Waals surface area contributed by atoms with E-state index in [0.29, 0.717) is 24.7 Å². The molecule has 2 heterocycles. The first-order valence-corrected chi connectivity index (χ1v) is 7.88. The van der Waals surface area contributed by atoms with Crippen LogP contribution in [-0.2, 0) is 6.42 Å². The zero-order chi connectivity index (χ0) is 15.6. The minimum absolute atomic E-state index is 0. The van der Waals surface area contributed by atoms with Crippen molar-refractivity contribution >= 4 is 29.7 Å². The van der Waals surface area contributed by atoms with Gasteiger partial charge in [0.25, 0.3) is 5.91 Å². The van der Waals surface area contributed by atoms with Crippen molar-refractivity contribution in [3.8, 4) is 11.5 Å². The van der Waals surface area contributed by atoms with Gasteiger partial charge >= 0.3 is 0 Å². The largest absolute Gasteiger partial charge is 0.486 e. The molecule has 1 amide bonds. The Morgan fingerprint density at radius 2 is 1.92 bits per heavy atom. The highest BCUT2D eigenvalue weighted by molar-refractivity contribution is 6.06. The summed E-state index contributed by atoms with van der Waals surface area (Å²) in [6.45, 7) is 2.05. The predicted octanol–water partition coefficient (Wildman–Crippen LogP) is 3.49. The Morgan fingerprint density at radius 3 is 2.79 bits per heavy atom. The summed E-state index contributed by atoms with van der Waals surface area (Å²) in [5.41, 5.74) is 3.59. The number of rotatable bonds is 2. The van der Waals surface area contributed by atoms with E-state index in [9.17, 15) is 4.79 Å². The van der Waals surface area contributed by atoms with E-state index in [0.717, 1.165) is 42.0 Å². The molecule has 126 valence electrons. The number of hydrogen-bond acceptors (Lipinski definition) is 4. The van der Waals surface area contributed by atoms with Crippen molar-refractivity contribution in [1.29, 1.82) is 0 Å². The van der Waals surface area contributed by atoms with Crippen molar-refractivity contribution in [3.63, 3.8) is 0 Å². The van der Waals surface area contributed by atoms with Crippen LogP contribution in [0.15, 0.2) is 36.4 Å². The number of fused-ring (bicyclic) bond motifs is 2. The summed E-state index contributed by atoms with van der Waals surface area (Å²) < 4.78 is 11.1. The molecule has 0 radical (unpaired) electrons. The van der Waals surface area contributed by atoms with Gasteiger partial charge < -0.3 is 20.1 Å². The Hall–Kier alpha value is -2.40. The van der Waals surface area contributed by atoms with Gasteiger partial charge in [0.1, 0.15) is 13.2 Å². The molecule has 0 fully saturated rings. The summed E-state index contributed by atoms with van der Waals surface area (Å²) >= 11 is 0. The molecule has 24 heavy (non-hydrogen) atoms. The van der Waals surface area contributed by atoms with Gasteiger partial charge in [-0.3, -0.25) is 4.79 Å². The Kier molecular flexibility index (Phi) is 4.81. The summed E-state index contributed by atoms with van der Waals surface area (Å²) in [7, 11) is 0. The molecular formula is C18H19ClN2O3. The monoisotopic (exact) mass is 346 g/mol. The van der Waals surface area contributed by atoms with Crippen LogP contribution >= 0.6 is 12.4 Å². The molecule has 5 nitrogen and oxygen atoms in total. The zero-order valence-corrected chi connectivity index (χ0v) is 13.9. The van der Waals surface area contributed by atoms with Crippen LogP contribution in [0.4, 0.5) is 11.4 Å². The Labute approximate surface area is 146 Å². The summed E-state index contributed by atoms with van der Waals surface area (Å²) in [4.78, 5) is 12.6. The van der Waals surface area contributed by atoms with Gasteiger partial charge in [0.05, 0.1) is 0 Å². The number of hydrogen-bond donors (Lipinski definition) is 2. The molecule has 2 aromatic rings. The fourth-order valence-corrected chi connectivity index (χ4v) is 3.04. The third-order valence-corrected chi connectivity index (χ3v) is 4.14. The first kappa shape index (κ1) is 16.5. The fourth-order valence-electron chi connectivity index (χ4n) is 3.04. The number of ether oxygens (including phenoxy) is 2. The van der Waals surface area contributed by atoms with Crippen LogP contribution < -0.4 is 20.1 Å². The van der Waals surface area contributed by atoms with Crippen LogP contribution in [0.3, 0.4) is 0 Å². The van der Waals surface area contributed by atoms with Gasteiger partial charge in [-0.05, 0) is 42.7 Å². The zero-order valence-electron chi connectivity index (χ0n) is 13.1. The van der Waals surface area contributed by atoms with Gasteiger partial charge in [0, 0.05) is 29.5 Å². The Morgan fingerprint density at radius 1 is 1.08 bits per heavy atom. The minimum atomic E-state index is -0.0952. The maximum atomic E-state index is 12.6. The average molecular weight is 347 g/mol. The lowest BCUT2D eigenvalue weighted by atomic mass is 9.97. The molecule has 0 bridgehead atoms. The van der Waals surface area contributed by atoms with Gasteiger partial charge in [0.2, 0.25) is 0 Å². The second-order valence-electron chi connectivity index (χ2n) is 5.67. The number of carbonyl (C=O) groups is 1. The Balaban J connectivity index is 0.00000169. The molecule has 0 atom stereocenters. The lowest BCUT2D eigenvalue weighted by molar-refractivity contribution is 0.102. The molecule has 2 aliphatic heterocycles. The smallest absolute Gasteiger partial charge is 0.256 e. The molecule has 0 saturated heterocycles. The molecule has 2 N–H and O–H groups in total. The molecule has 2 aromatic carbocycles. The number of nitrogens with one attached hydrogen (secondary N) is 2. The normalized spacial score (nSPS) is 14.7. The van der Waals surface area contributed by atoms with Crippen LogP contribution in [0.5, 0.6) is 11.5 Å². The van der Waals surface area contributed by atoms with Crippen molar-refractivity contribution in [1.82, 2.24) is 0 Å². The van der Waals surface area contributed by atoms with E-state index in [4.69, 9.17) is 9.47 Å². The standard InChI is InChI=1S/C18H18N2O3.ClH/c21-18(14-3-1-5-15-13(14)4-2-8-19-15)20-12-6-7-16-17(11-12)23-10-9-22-16;/h1,3,5-7,11,19H,2,4,8-10H2,(H,20,21);1H. The second-order valence-corrected chi connectivity index (χ2v) is 5.67. The van der Waals surface area contributed by atoms with Crippen molar-refractivity contribution in [3.05, 3.63) is 47.5 Å². The highest BCUT2D eigenvalue weighted by Gasteiger charge is 2.18. The minimum Gasteiger partial charge on any atom is -0.486 e. The fraction of sp³-hybridized carbons (Fsp3) is 0.278. The summed E-state index contributed by atoms with van der Waals surface area (Å²) in [5.74, 6) is 1.29. The molecule has 0 saturated carbocycles. The number of benzene rings is 2. The van der Waals surface area contributed by atoms with Crippen molar-refractivity contribution in [2.45, 2.75) is 12.8 Å². The number of anilines is 2. The number of carbonyl (C=O) groups excluding carboxylic acids is 1. The van der Waals surface area contributed by atoms with Crippen LogP contribution in [0.2, 0.25) is 0 Å². The Bertz CT molecular complexity index is 764. The molecule has 0 spiro atoms. The van der Waals surface area contributed by atoms with Crippen molar-refractivity contribution < 1.29 is 14.3 Å². The lowest BCUT2D eigenvalue weighted by Crippen LogP contribution is -2.19. The third-order valence-electron chi connectivity index (χ3n) is 4.14. The summed E-state index contributed by atoms with van der Waals surface area (Å²) in [5, 5.41) is 6.30. The van der Waals surface area contributed by atoms with Crippen molar-refractivity contribution in [2.75, 3.05) is 30.4 Å².